The van der Waals surface area contributed by atoms with E-state index in [1.807, 2.05) is 0 Å². The van der Waals surface area contributed by atoms with Crippen LogP contribution in [0.4, 0.5) is 0 Å². The summed E-state index contributed by atoms with van der Waals surface area (Å²) in [7, 11) is -3.69. The van der Waals surface area contributed by atoms with Crippen molar-refractivity contribution in [1.29, 1.82) is 0 Å². The summed E-state index contributed by atoms with van der Waals surface area (Å²) in [5, 5.41) is 8.55. The predicted octanol–water partition coefficient (Wildman–Crippen LogP) is 0.485. The Morgan fingerprint density at radius 3 is 2.85 bits per heavy atom. The Balaban J connectivity index is 1.93. The molecule has 0 aromatic carbocycles. The first kappa shape index (κ1) is 14.9. The summed E-state index contributed by atoms with van der Waals surface area (Å²) < 4.78 is 31.5. The molecule has 1 aliphatic rings. The van der Waals surface area contributed by atoms with Crippen LogP contribution in [0.2, 0.25) is 0 Å². The lowest BCUT2D eigenvalue weighted by Gasteiger charge is -2.09. The van der Waals surface area contributed by atoms with E-state index >= 15 is 0 Å². The third-order valence-electron chi connectivity index (χ3n) is 3.13. The number of nitrogens with one attached hydrogen (secondary N) is 1. The van der Waals surface area contributed by atoms with Crippen LogP contribution in [0.1, 0.15) is 23.2 Å². The van der Waals surface area contributed by atoms with E-state index in [1.54, 1.807) is 0 Å². The number of sulfonamides is 1. The SMILES string of the molecule is O=C(O)c1ccc(S(=O)(=O)NCCC2CCOC2)nc1. The summed E-state index contributed by atoms with van der Waals surface area (Å²) in [4.78, 5) is 14.3. The maximum atomic E-state index is 11.9. The second-order valence-electron chi connectivity index (χ2n) is 4.61. The van der Waals surface area contributed by atoms with Gasteiger partial charge in [0.05, 0.1) is 5.56 Å². The van der Waals surface area contributed by atoms with Gasteiger partial charge in [0.1, 0.15) is 0 Å². The van der Waals surface area contributed by atoms with Gasteiger partial charge in [0, 0.05) is 26.0 Å². The first-order valence-corrected chi connectivity index (χ1v) is 7.74. The number of ether oxygens (including phenoxy) is 1. The molecule has 20 heavy (non-hydrogen) atoms. The number of aromatic carboxylic acids is 1. The normalized spacial score (nSPS) is 19.1. The quantitative estimate of drug-likeness (QED) is 0.792. The van der Waals surface area contributed by atoms with Gasteiger partial charge in [-0.3, -0.25) is 0 Å². The van der Waals surface area contributed by atoms with Crippen LogP contribution < -0.4 is 4.72 Å². The molecule has 1 aromatic heterocycles. The minimum atomic E-state index is -3.69. The van der Waals surface area contributed by atoms with Gasteiger partial charge in [-0.25, -0.2) is 22.9 Å². The molecule has 1 unspecified atom stereocenters. The molecule has 1 aliphatic heterocycles. The predicted molar refractivity (Wildman–Crippen MR) is 69.9 cm³/mol. The van der Waals surface area contributed by atoms with Gasteiger partial charge in [-0.15, -0.1) is 0 Å². The molecule has 0 bridgehead atoms. The first-order chi connectivity index (χ1) is 9.49. The van der Waals surface area contributed by atoms with Gasteiger partial charge in [0.15, 0.2) is 5.03 Å². The van der Waals surface area contributed by atoms with Crippen LogP contribution in [0.3, 0.4) is 0 Å². The van der Waals surface area contributed by atoms with Gasteiger partial charge in [0.2, 0.25) is 0 Å². The number of rotatable bonds is 6. The molecule has 1 saturated heterocycles. The summed E-state index contributed by atoms with van der Waals surface area (Å²) in [5.41, 5.74) is -0.0490. The van der Waals surface area contributed by atoms with Crippen molar-refractivity contribution < 1.29 is 23.1 Å². The zero-order chi connectivity index (χ0) is 14.6. The molecular formula is C12H16N2O5S. The lowest BCUT2D eigenvalue weighted by Crippen LogP contribution is -2.27. The Kier molecular flexibility index (Phi) is 4.69. The van der Waals surface area contributed by atoms with Gasteiger partial charge in [-0.05, 0) is 30.9 Å². The molecule has 2 heterocycles. The zero-order valence-corrected chi connectivity index (χ0v) is 11.6. The highest BCUT2D eigenvalue weighted by atomic mass is 32.2. The van der Waals surface area contributed by atoms with Gasteiger partial charge >= 0.3 is 5.97 Å². The van der Waals surface area contributed by atoms with E-state index in [0.29, 0.717) is 25.5 Å². The number of carboxylic acids is 1. The van der Waals surface area contributed by atoms with Crippen LogP contribution >= 0.6 is 0 Å². The van der Waals surface area contributed by atoms with E-state index in [4.69, 9.17) is 9.84 Å². The topological polar surface area (TPSA) is 106 Å². The second kappa shape index (κ2) is 6.29. The van der Waals surface area contributed by atoms with Crippen LogP contribution in [0.15, 0.2) is 23.4 Å². The number of carbonyl (C=O) groups is 1. The lowest BCUT2D eigenvalue weighted by molar-refractivity contribution is 0.0696. The fourth-order valence-corrected chi connectivity index (χ4v) is 2.92. The van der Waals surface area contributed by atoms with E-state index < -0.39 is 16.0 Å². The molecule has 0 saturated carbocycles. The molecule has 0 spiro atoms. The molecule has 8 heteroatoms. The molecule has 110 valence electrons. The van der Waals surface area contributed by atoms with Crippen LogP contribution in [-0.4, -0.2) is 44.2 Å². The van der Waals surface area contributed by atoms with Crippen LogP contribution in [-0.2, 0) is 14.8 Å². The summed E-state index contributed by atoms with van der Waals surface area (Å²) in [6.45, 7) is 1.72. The van der Waals surface area contributed by atoms with Gasteiger partial charge in [-0.1, -0.05) is 0 Å². The summed E-state index contributed by atoms with van der Waals surface area (Å²) in [5.74, 6) is -0.754. The summed E-state index contributed by atoms with van der Waals surface area (Å²) in [6, 6.07) is 2.40. The summed E-state index contributed by atoms with van der Waals surface area (Å²) in [6.07, 6.45) is 2.70. The molecule has 2 rings (SSSR count). The van der Waals surface area contributed by atoms with Gasteiger partial charge < -0.3 is 9.84 Å². The maximum Gasteiger partial charge on any atom is 0.337 e. The monoisotopic (exact) mass is 300 g/mol. The van der Waals surface area contributed by atoms with Crippen molar-refractivity contribution in [3.05, 3.63) is 23.9 Å². The van der Waals surface area contributed by atoms with Crippen molar-refractivity contribution in [1.82, 2.24) is 9.71 Å². The largest absolute Gasteiger partial charge is 0.478 e. The Morgan fingerprint density at radius 2 is 2.30 bits per heavy atom. The average Bonchev–Trinajstić information content (AvgIpc) is 2.92. The molecule has 1 atom stereocenters. The standard InChI is InChI=1S/C12H16N2O5S/c15-12(16)10-1-2-11(13-7-10)20(17,18)14-5-3-9-4-6-19-8-9/h1-2,7,9,14H,3-6,8H2,(H,15,16). The minimum absolute atomic E-state index is 0.0490. The molecule has 2 N–H and O–H groups in total. The maximum absolute atomic E-state index is 11.9. The molecule has 1 fully saturated rings. The fourth-order valence-electron chi connectivity index (χ4n) is 1.95. The molecule has 7 nitrogen and oxygen atoms in total. The third-order valence-corrected chi connectivity index (χ3v) is 4.50. The van der Waals surface area contributed by atoms with Crippen LogP contribution in [0.5, 0.6) is 0 Å². The lowest BCUT2D eigenvalue weighted by atomic mass is 10.1. The molecule has 0 aliphatic carbocycles. The average molecular weight is 300 g/mol. The molecular weight excluding hydrogens is 284 g/mol. The van der Waals surface area contributed by atoms with Crippen molar-refractivity contribution in [2.24, 2.45) is 5.92 Å². The van der Waals surface area contributed by atoms with E-state index in [-0.39, 0.29) is 10.6 Å². The number of aromatic nitrogens is 1. The Labute approximate surface area is 117 Å². The molecule has 0 amide bonds. The highest BCUT2D eigenvalue weighted by Crippen LogP contribution is 2.15. The zero-order valence-electron chi connectivity index (χ0n) is 10.8. The number of nitrogens with zero attached hydrogens (tertiary/aromatic N) is 1. The van der Waals surface area contributed by atoms with Crippen molar-refractivity contribution in [3.8, 4) is 0 Å². The minimum Gasteiger partial charge on any atom is -0.478 e. The second-order valence-corrected chi connectivity index (χ2v) is 6.32. The van der Waals surface area contributed by atoms with Crippen molar-refractivity contribution in [2.75, 3.05) is 19.8 Å². The van der Waals surface area contributed by atoms with Gasteiger partial charge in [0.25, 0.3) is 10.0 Å². The summed E-state index contributed by atoms with van der Waals surface area (Å²) >= 11 is 0. The van der Waals surface area contributed by atoms with Crippen molar-refractivity contribution >= 4 is 16.0 Å². The third kappa shape index (κ3) is 3.75. The van der Waals surface area contributed by atoms with Crippen LogP contribution in [0, 0.1) is 5.92 Å². The number of hydrogen-bond donors (Lipinski definition) is 2. The number of hydrogen-bond acceptors (Lipinski definition) is 5. The smallest absolute Gasteiger partial charge is 0.337 e. The van der Waals surface area contributed by atoms with E-state index in [0.717, 1.165) is 19.2 Å². The van der Waals surface area contributed by atoms with E-state index in [2.05, 4.69) is 9.71 Å². The van der Waals surface area contributed by atoms with E-state index in [1.165, 1.54) is 12.1 Å². The number of pyridine rings is 1. The molecule has 0 radical (unpaired) electrons. The van der Waals surface area contributed by atoms with Crippen molar-refractivity contribution in [2.45, 2.75) is 17.9 Å². The van der Waals surface area contributed by atoms with E-state index in [9.17, 15) is 13.2 Å². The molecule has 1 aromatic rings. The highest BCUT2D eigenvalue weighted by molar-refractivity contribution is 7.89. The van der Waals surface area contributed by atoms with Crippen LogP contribution in [0.25, 0.3) is 0 Å². The first-order valence-electron chi connectivity index (χ1n) is 6.26. The Hall–Kier alpha value is -1.51. The van der Waals surface area contributed by atoms with Gasteiger partial charge in [-0.2, -0.15) is 0 Å². The Bertz CT molecular complexity index is 564. The number of carboxylic acid groups (broad SMARTS) is 1. The highest BCUT2D eigenvalue weighted by Gasteiger charge is 2.19. The fraction of sp³-hybridized carbons (Fsp3) is 0.500. The van der Waals surface area contributed by atoms with Crippen molar-refractivity contribution in [3.63, 3.8) is 0 Å². The Morgan fingerprint density at radius 1 is 1.50 bits per heavy atom.